The number of hydrogen-bond donors (Lipinski definition) is 0. The maximum Gasteiger partial charge on any atom is 0.281 e. The fourth-order valence-electron chi connectivity index (χ4n) is 1.87. The van der Waals surface area contributed by atoms with Gasteiger partial charge >= 0.3 is 0 Å². The molecule has 0 aliphatic carbocycles. The number of rotatable bonds is 0. The van der Waals surface area contributed by atoms with Crippen LogP contribution in [0.2, 0.25) is 0 Å². The van der Waals surface area contributed by atoms with Crippen molar-refractivity contribution in [3.63, 3.8) is 0 Å². The topological polar surface area (TPSA) is 58.2 Å². The van der Waals surface area contributed by atoms with Gasteiger partial charge in [0.15, 0.2) is 0 Å². The van der Waals surface area contributed by atoms with Gasteiger partial charge in [0.2, 0.25) is 0 Å². The predicted molar refractivity (Wildman–Crippen MR) is 63.7 cm³/mol. The molecule has 0 bridgehead atoms. The molecular weight excluding hydrogens is 214 g/mol. The first-order valence-corrected chi connectivity index (χ1v) is 5.11. The summed E-state index contributed by atoms with van der Waals surface area (Å²) in [5, 5.41) is 9.43. The lowest BCUT2D eigenvalue weighted by atomic mass is 10.2. The molecule has 3 rings (SSSR count). The van der Waals surface area contributed by atoms with Crippen LogP contribution in [-0.4, -0.2) is 9.38 Å². The molecule has 0 amide bonds. The van der Waals surface area contributed by atoms with Gasteiger partial charge in [-0.2, -0.15) is 10.2 Å². The highest BCUT2D eigenvalue weighted by atomic mass is 16.1. The van der Waals surface area contributed by atoms with Crippen molar-refractivity contribution in [3.05, 3.63) is 58.5 Å². The smallest absolute Gasteiger partial charge is 0.281 e. The summed E-state index contributed by atoms with van der Waals surface area (Å²) >= 11 is 0. The summed E-state index contributed by atoms with van der Waals surface area (Å²) in [5.74, 6) is 0. The van der Waals surface area contributed by atoms with Gasteiger partial charge in [-0.25, -0.2) is 0 Å². The Morgan fingerprint density at radius 2 is 2.00 bits per heavy atom. The molecule has 2 heterocycles. The molecule has 0 atom stereocenters. The highest BCUT2D eigenvalue weighted by molar-refractivity contribution is 5.80. The second-order valence-corrected chi connectivity index (χ2v) is 3.69. The molecule has 0 saturated carbocycles. The molecule has 0 saturated heterocycles. The number of benzene rings is 1. The molecular formula is C13H7N3O. The van der Waals surface area contributed by atoms with Crippen molar-refractivity contribution < 1.29 is 0 Å². The third-order valence-electron chi connectivity index (χ3n) is 2.67. The van der Waals surface area contributed by atoms with E-state index in [4.69, 9.17) is 5.26 Å². The van der Waals surface area contributed by atoms with Crippen molar-refractivity contribution in [1.82, 2.24) is 9.38 Å². The molecule has 0 fully saturated rings. The Kier molecular flexibility index (Phi) is 1.92. The van der Waals surface area contributed by atoms with E-state index < -0.39 is 0 Å². The van der Waals surface area contributed by atoms with Crippen LogP contribution >= 0.6 is 0 Å². The Bertz CT molecular complexity index is 827. The van der Waals surface area contributed by atoms with Crippen LogP contribution in [0, 0.1) is 11.3 Å². The molecule has 1 aromatic carbocycles. The summed E-state index contributed by atoms with van der Waals surface area (Å²) in [6.07, 6.45) is 1.68. The van der Waals surface area contributed by atoms with Crippen LogP contribution in [0.1, 0.15) is 5.56 Å². The van der Waals surface area contributed by atoms with Crippen molar-refractivity contribution in [2.45, 2.75) is 0 Å². The molecule has 0 aliphatic rings. The van der Waals surface area contributed by atoms with Gasteiger partial charge in [0.05, 0.1) is 16.5 Å². The van der Waals surface area contributed by atoms with Crippen molar-refractivity contribution in [3.8, 4) is 6.07 Å². The number of pyridine rings is 1. The van der Waals surface area contributed by atoms with E-state index in [2.05, 4.69) is 11.1 Å². The molecule has 0 N–H and O–H groups in total. The molecule has 0 spiro atoms. The molecule has 80 valence electrons. The molecule has 3 aromatic rings. The first-order chi connectivity index (χ1) is 8.29. The third-order valence-corrected chi connectivity index (χ3v) is 2.67. The average Bonchev–Trinajstić information content (AvgIpc) is 2.39. The van der Waals surface area contributed by atoms with Gasteiger partial charge in [-0.3, -0.25) is 9.20 Å². The second-order valence-electron chi connectivity index (χ2n) is 3.69. The van der Waals surface area contributed by atoms with Crippen LogP contribution in [-0.2, 0) is 0 Å². The standard InChI is InChI=1S/C13H7N3O/c14-7-9-5-6-12-15-13(17)10-3-1-2-4-11(10)16(12)8-9/h1-6,8H. The van der Waals surface area contributed by atoms with Crippen molar-refractivity contribution in [2.75, 3.05) is 0 Å². The van der Waals surface area contributed by atoms with Gasteiger partial charge < -0.3 is 0 Å². The molecule has 0 unspecified atom stereocenters. The molecule has 2 aromatic heterocycles. The predicted octanol–water partition coefficient (Wildman–Crippen LogP) is 1.72. The maximum absolute atomic E-state index is 11.8. The molecule has 0 aliphatic heterocycles. The van der Waals surface area contributed by atoms with E-state index in [0.29, 0.717) is 16.6 Å². The first-order valence-electron chi connectivity index (χ1n) is 5.11. The second kappa shape index (κ2) is 3.42. The number of aromatic nitrogens is 2. The zero-order valence-electron chi connectivity index (χ0n) is 8.79. The molecule has 4 heteroatoms. The number of hydrogen-bond acceptors (Lipinski definition) is 3. The van der Waals surface area contributed by atoms with E-state index in [9.17, 15) is 4.79 Å². The SMILES string of the molecule is N#Cc1ccc2nc(=O)c3ccccc3n2c1. The third kappa shape index (κ3) is 1.37. The zero-order chi connectivity index (χ0) is 11.8. The lowest BCUT2D eigenvalue weighted by Gasteiger charge is -2.04. The zero-order valence-corrected chi connectivity index (χ0v) is 8.79. The Morgan fingerprint density at radius 1 is 1.18 bits per heavy atom. The van der Waals surface area contributed by atoms with E-state index in [0.717, 1.165) is 5.52 Å². The summed E-state index contributed by atoms with van der Waals surface area (Å²) in [7, 11) is 0. The van der Waals surface area contributed by atoms with Crippen LogP contribution in [0.5, 0.6) is 0 Å². The van der Waals surface area contributed by atoms with Gasteiger partial charge in [-0.15, -0.1) is 0 Å². The monoisotopic (exact) mass is 221 g/mol. The van der Waals surface area contributed by atoms with Crippen molar-refractivity contribution >= 4 is 16.6 Å². The van der Waals surface area contributed by atoms with E-state index in [1.54, 1.807) is 34.9 Å². The Balaban J connectivity index is 2.61. The van der Waals surface area contributed by atoms with Crippen LogP contribution in [0.15, 0.2) is 47.4 Å². The van der Waals surface area contributed by atoms with Crippen LogP contribution in [0.25, 0.3) is 16.6 Å². The minimum absolute atomic E-state index is 0.245. The maximum atomic E-state index is 11.8. The quantitative estimate of drug-likeness (QED) is 0.543. The number of nitriles is 1. The summed E-state index contributed by atoms with van der Waals surface area (Å²) in [6.45, 7) is 0. The largest absolute Gasteiger partial charge is 0.300 e. The van der Waals surface area contributed by atoms with E-state index in [-0.39, 0.29) is 5.56 Å². The lowest BCUT2D eigenvalue weighted by molar-refractivity contribution is 1.13. The van der Waals surface area contributed by atoms with Crippen LogP contribution < -0.4 is 5.56 Å². The highest BCUT2D eigenvalue weighted by Crippen LogP contribution is 2.12. The van der Waals surface area contributed by atoms with Crippen molar-refractivity contribution in [1.29, 1.82) is 5.26 Å². The van der Waals surface area contributed by atoms with E-state index >= 15 is 0 Å². The van der Waals surface area contributed by atoms with Gasteiger partial charge in [-0.05, 0) is 24.3 Å². The van der Waals surface area contributed by atoms with Crippen LogP contribution in [0.3, 0.4) is 0 Å². The fraction of sp³-hybridized carbons (Fsp3) is 0. The van der Waals surface area contributed by atoms with E-state index in [1.165, 1.54) is 0 Å². The Morgan fingerprint density at radius 3 is 2.82 bits per heavy atom. The minimum Gasteiger partial charge on any atom is -0.300 e. The lowest BCUT2D eigenvalue weighted by Crippen LogP contribution is -2.10. The van der Waals surface area contributed by atoms with Gasteiger partial charge in [0.1, 0.15) is 11.7 Å². The summed E-state index contributed by atoms with van der Waals surface area (Å²) in [5.41, 5.74) is 1.60. The molecule has 0 radical (unpaired) electrons. The summed E-state index contributed by atoms with van der Waals surface area (Å²) in [4.78, 5) is 15.7. The highest BCUT2D eigenvalue weighted by Gasteiger charge is 2.04. The summed E-state index contributed by atoms with van der Waals surface area (Å²) < 4.78 is 1.76. The van der Waals surface area contributed by atoms with Crippen molar-refractivity contribution in [2.24, 2.45) is 0 Å². The average molecular weight is 221 g/mol. The normalized spacial score (nSPS) is 10.5. The van der Waals surface area contributed by atoms with Crippen LogP contribution in [0.4, 0.5) is 0 Å². The molecule has 4 nitrogen and oxygen atoms in total. The Hall–Kier alpha value is -2.67. The van der Waals surface area contributed by atoms with Gasteiger partial charge in [-0.1, -0.05) is 12.1 Å². The minimum atomic E-state index is -0.245. The fourth-order valence-corrected chi connectivity index (χ4v) is 1.87. The van der Waals surface area contributed by atoms with Gasteiger partial charge in [0, 0.05) is 6.20 Å². The first kappa shape index (κ1) is 9.55. The van der Waals surface area contributed by atoms with Gasteiger partial charge in [0.25, 0.3) is 5.56 Å². The molecule has 17 heavy (non-hydrogen) atoms. The van der Waals surface area contributed by atoms with E-state index in [1.807, 2.05) is 12.1 Å². The number of para-hydroxylation sites is 1. The Labute approximate surface area is 96.4 Å². The summed E-state index contributed by atoms with van der Waals surface area (Å²) in [6, 6.07) is 12.6. The number of fused-ring (bicyclic) bond motifs is 3. The number of nitrogens with zero attached hydrogens (tertiary/aromatic N) is 3.